The first-order valence-electron chi connectivity index (χ1n) is 4.63. The molecule has 74 valence electrons. The van der Waals surface area contributed by atoms with Crippen LogP contribution in [0.2, 0.25) is 0 Å². The van der Waals surface area contributed by atoms with Crippen molar-refractivity contribution in [3.8, 4) is 6.07 Å². The van der Waals surface area contributed by atoms with Crippen LogP contribution in [0.5, 0.6) is 0 Å². The summed E-state index contributed by atoms with van der Waals surface area (Å²) in [5, 5.41) is 8.70. The third-order valence-corrected chi connectivity index (χ3v) is 2.93. The summed E-state index contributed by atoms with van der Waals surface area (Å²) in [6.07, 6.45) is 1.06. The van der Waals surface area contributed by atoms with Crippen LogP contribution in [0.3, 0.4) is 0 Å². The van der Waals surface area contributed by atoms with Crippen molar-refractivity contribution in [3.05, 3.63) is 35.4 Å². The number of nitrogens with zero attached hydrogens (tertiary/aromatic N) is 1. The second-order valence-corrected chi connectivity index (χ2v) is 4.11. The molecule has 0 radical (unpaired) electrons. The molecule has 1 aromatic rings. The first-order valence-corrected chi connectivity index (χ1v) is 5.79. The van der Waals surface area contributed by atoms with E-state index in [0.717, 1.165) is 30.0 Å². The maximum absolute atomic E-state index is 8.70. The van der Waals surface area contributed by atoms with Crippen molar-refractivity contribution in [1.29, 1.82) is 5.26 Å². The van der Waals surface area contributed by atoms with Crippen LogP contribution in [-0.2, 0) is 5.75 Å². The maximum Gasteiger partial charge on any atom is 0.0991 e. The minimum absolute atomic E-state index is 0.738. The monoisotopic (exact) mass is 206 g/mol. The van der Waals surface area contributed by atoms with Gasteiger partial charge in [0.2, 0.25) is 0 Å². The van der Waals surface area contributed by atoms with Gasteiger partial charge in [-0.15, -0.1) is 0 Å². The molecule has 1 aromatic carbocycles. The third-order valence-electron chi connectivity index (χ3n) is 1.82. The van der Waals surface area contributed by atoms with Gasteiger partial charge in [-0.25, -0.2) is 0 Å². The van der Waals surface area contributed by atoms with Crippen molar-refractivity contribution >= 4 is 11.8 Å². The zero-order valence-corrected chi connectivity index (χ0v) is 8.89. The van der Waals surface area contributed by atoms with Crippen molar-refractivity contribution in [2.45, 2.75) is 12.2 Å². The van der Waals surface area contributed by atoms with Crippen LogP contribution in [0.1, 0.15) is 17.5 Å². The number of thioether (sulfide) groups is 1. The van der Waals surface area contributed by atoms with Gasteiger partial charge in [0.15, 0.2) is 0 Å². The lowest BCUT2D eigenvalue weighted by Gasteiger charge is -2.01. The predicted octanol–water partition coefficient (Wildman–Crippen LogP) is 2.14. The SMILES string of the molecule is N#Cc1cccc(CSCCCN)c1. The van der Waals surface area contributed by atoms with Crippen molar-refractivity contribution in [2.24, 2.45) is 5.73 Å². The Morgan fingerprint density at radius 2 is 2.29 bits per heavy atom. The van der Waals surface area contributed by atoms with Gasteiger partial charge in [0, 0.05) is 5.75 Å². The van der Waals surface area contributed by atoms with Gasteiger partial charge >= 0.3 is 0 Å². The van der Waals surface area contributed by atoms with E-state index in [0.29, 0.717) is 0 Å². The highest BCUT2D eigenvalue weighted by atomic mass is 32.2. The highest BCUT2D eigenvalue weighted by molar-refractivity contribution is 7.98. The van der Waals surface area contributed by atoms with E-state index in [1.54, 1.807) is 0 Å². The molecule has 2 N–H and O–H groups in total. The molecule has 0 aromatic heterocycles. The molecular weight excluding hydrogens is 192 g/mol. The molecule has 2 nitrogen and oxygen atoms in total. The Hall–Kier alpha value is -0.980. The first-order chi connectivity index (χ1) is 6.86. The zero-order chi connectivity index (χ0) is 10.2. The second kappa shape index (κ2) is 6.47. The average molecular weight is 206 g/mol. The number of rotatable bonds is 5. The number of hydrogen-bond acceptors (Lipinski definition) is 3. The Labute approximate surface area is 89.1 Å². The summed E-state index contributed by atoms with van der Waals surface area (Å²) < 4.78 is 0. The summed E-state index contributed by atoms with van der Waals surface area (Å²) in [4.78, 5) is 0. The van der Waals surface area contributed by atoms with Gasteiger partial charge < -0.3 is 5.73 Å². The molecule has 0 heterocycles. The third kappa shape index (κ3) is 3.82. The van der Waals surface area contributed by atoms with Crippen LogP contribution in [-0.4, -0.2) is 12.3 Å². The maximum atomic E-state index is 8.70. The molecule has 0 aliphatic heterocycles. The summed E-state index contributed by atoms with van der Waals surface area (Å²) in [6.45, 7) is 0.755. The zero-order valence-electron chi connectivity index (χ0n) is 8.07. The molecule has 1 rings (SSSR count). The normalized spacial score (nSPS) is 9.71. The molecule has 0 atom stereocenters. The molecule has 0 aliphatic carbocycles. The van der Waals surface area contributed by atoms with E-state index in [-0.39, 0.29) is 0 Å². The molecule has 14 heavy (non-hydrogen) atoms. The molecule has 0 saturated heterocycles. The minimum atomic E-state index is 0.738. The van der Waals surface area contributed by atoms with Gasteiger partial charge in [0.25, 0.3) is 0 Å². The molecule has 0 saturated carbocycles. The smallest absolute Gasteiger partial charge is 0.0991 e. The van der Waals surface area contributed by atoms with E-state index < -0.39 is 0 Å². The standard InChI is InChI=1S/C11H14N2S/c12-5-2-6-14-9-11-4-1-3-10(7-11)8-13/h1,3-4,7H,2,5-6,9,12H2. The number of benzene rings is 1. The second-order valence-electron chi connectivity index (χ2n) is 3.01. The van der Waals surface area contributed by atoms with Gasteiger partial charge in [-0.2, -0.15) is 17.0 Å². The molecule has 3 heteroatoms. The fraction of sp³-hybridized carbons (Fsp3) is 0.364. The number of nitrogens with two attached hydrogens (primary N) is 1. The van der Waals surface area contributed by atoms with Gasteiger partial charge in [-0.3, -0.25) is 0 Å². The Kier molecular flexibility index (Phi) is 5.13. The molecule has 0 spiro atoms. The lowest BCUT2D eigenvalue weighted by molar-refractivity contribution is 0.943. The minimum Gasteiger partial charge on any atom is -0.330 e. The molecule has 0 bridgehead atoms. The van der Waals surface area contributed by atoms with E-state index in [2.05, 4.69) is 12.1 Å². The Bertz CT molecular complexity index is 317. The van der Waals surface area contributed by atoms with E-state index in [4.69, 9.17) is 11.0 Å². The summed E-state index contributed by atoms with van der Waals surface area (Å²) in [7, 11) is 0. The van der Waals surface area contributed by atoms with E-state index in [1.165, 1.54) is 5.56 Å². The highest BCUT2D eigenvalue weighted by Crippen LogP contribution is 2.13. The molecule has 0 aliphatic rings. The molecule has 0 fully saturated rings. The van der Waals surface area contributed by atoms with Gasteiger partial charge in [-0.1, -0.05) is 12.1 Å². The molecular formula is C11H14N2S. The van der Waals surface area contributed by atoms with Crippen LogP contribution in [0.25, 0.3) is 0 Å². The Morgan fingerprint density at radius 1 is 1.43 bits per heavy atom. The van der Waals surface area contributed by atoms with E-state index in [9.17, 15) is 0 Å². The predicted molar refractivity (Wildman–Crippen MR) is 61.0 cm³/mol. The first kappa shape index (κ1) is 11.1. The summed E-state index contributed by atoms with van der Waals surface area (Å²) >= 11 is 1.86. The Balaban J connectivity index is 2.39. The number of hydrogen-bond donors (Lipinski definition) is 1. The quantitative estimate of drug-likeness (QED) is 0.751. The van der Waals surface area contributed by atoms with E-state index >= 15 is 0 Å². The summed E-state index contributed by atoms with van der Waals surface area (Å²) in [5.74, 6) is 2.06. The van der Waals surface area contributed by atoms with Crippen LogP contribution < -0.4 is 5.73 Å². The van der Waals surface area contributed by atoms with Gasteiger partial charge in [-0.05, 0) is 36.4 Å². The van der Waals surface area contributed by atoms with Crippen LogP contribution in [0, 0.1) is 11.3 Å². The van der Waals surface area contributed by atoms with Gasteiger partial charge in [0.05, 0.1) is 11.6 Å². The summed E-state index contributed by atoms with van der Waals surface area (Å²) in [5.41, 5.74) is 7.35. The van der Waals surface area contributed by atoms with Crippen LogP contribution in [0.4, 0.5) is 0 Å². The highest BCUT2D eigenvalue weighted by Gasteiger charge is 1.95. The average Bonchev–Trinajstić information content (AvgIpc) is 2.25. The lowest BCUT2D eigenvalue weighted by atomic mass is 10.2. The fourth-order valence-corrected chi connectivity index (χ4v) is 2.04. The molecule has 0 unspecified atom stereocenters. The van der Waals surface area contributed by atoms with Gasteiger partial charge in [0.1, 0.15) is 0 Å². The topological polar surface area (TPSA) is 49.8 Å². The van der Waals surface area contributed by atoms with Crippen molar-refractivity contribution in [2.75, 3.05) is 12.3 Å². The summed E-state index contributed by atoms with van der Waals surface area (Å²) in [6, 6.07) is 9.89. The lowest BCUT2D eigenvalue weighted by Crippen LogP contribution is -1.99. The number of nitriles is 1. The largest absolute Gasteiger partial charge is 0.330 e. The van der Waals surface area contributed by atoms with Crippen LogP contribution in [0.15, 0.2) is 24.3 Å². The van der Waals surface area contributed by atoms with Crippen molar-refractivity contribution < 1.29 is 0 Å². The fourth-order valence-electron chi connectivity index (χ4n) is 1.11. The van der Waals surface area contributed by atoms with E-state index in [1.807, 2.05) is 30.0 Å². The van der Waals surface area contributed by atoms with Crippen molar-refractivity contribution in [1.82, 2.24) is 0 Å². The molecule has 0 amide bonds. The van der Waals surface area contributed by atoms with Crippen LogP contribution >= 0.6 is 11.8 Å². The Morgan fingerprint density at radius 3 is 3.00 bits per heavy atom. The van der Waals surface area contributed by atoms with Crippen molar-refractivity contribution in [3.63, 3.8) is 0 Å².